The highest BCUT2D eigenvalue weighted by Crippen LogP contribution is 2.36. The summed E-state index contributed by atoms with van der Waals surface area (Å²) in [6, 6.07) is 6.41. The number of benzene rings is 1. The predicted octanol–water partition coefficient (Wildman–Crippen LogP) is 5.06. The van der Waals surface area contributed by atoms with Crippen LogP contribution in [-0.4, -0.2) is 6.26 Å². The zero-order chi connectivity index (χ0) is 11.6. The molecule has 0 bridgehead atoms. The molecular weight excluding hydrogens is 224 g/mol. The molecule has 84 valence electrons. The second kappa shape index (κ2) is 4.80. The van der Waals surface area contributed by atoms with E-state index in [4.69, 9.17) is 11.6 Å². The quantitative estimate of drug-likeness (QED) is 0.714. The van der Waals surface area contributed by atoms with Crippen LogP contribution in [0, 0.1) is 0 Å². The first-order valence-corrected chi connectivity index (χ1v) is 6.83. The van der Waals surface area contributed by atoms with Crippen LogP contribution in [0.1, 0.15) is 44.7 Å². The second-order valence-corrected chi connectivity index (χ2v) is 6.51. The Kier molecular flexibility index (Phi) is 4.13. The summed E-state index contributed by atoms with van der Waals surface area (Å²) in [5, 5.41) is 0.846. The molecule has 2 heteroatoms. The zero-order valence-electron chi connectivity index (χ0n) is 10.1. The Morgan fingerprint density at radius 3 is 2.27 bits per heavy atom. The molecule has 0 aliphatic carbocycles. The predicted molar refractivity (Wildman–Crippen MR) is 72.1 cm³/mol. The Bertz CT molecular complexity index is 342. The standard InChI is InChI=1S/C13H19ClS/c1-9(2)10-6-11(8-12(14)7-10)13(3,4)15-5/h6-9H,1-5H3. The number of thioether (sulfide) groups is 1. The van der Waals surface area contributed by atoms with E-state index in [1.165, 1.54) is 11.1 Å². The van der Waals surface area contributed by atoms with E-state index < -0.39 is 0 Å². The molecule has 0 N–H and O–H groups in total. The Hall–Kier alpha value is -0.140. The lowest BCUT2D eigenvalue weighted by Crippen LogP contribution is -2.11. The molecule has 0 amide bonds. The van der Waals surface area contributed by atoms with E-state index in [0.717, 1.165) is 5.02 Å². The van der Waals surface area contributed by atoms with Crippen LogP contribution in [-0.2, 0) is 4.75 Å². The Balaban J connectivity index is 3.20. The van der Waals surface area contributed by atoms with Gasteiger partial charge in [0.1, 0.15) is 0 Å². The van der Waals surface area contributed by atoms with Gasteiger partial charge in [0.15, 0.2) is 0 Å². The van der Waals surface area contributed by atoms with Crippen molar-refractivity contribution in [3.63, 3.8) is 0 Å². The normalized spacial score (nSPS) is 12.2. The lowest BCUT2D eigenvalue weighted by atomic mass is 9.95. The minimum Gasteiger partial charge on any atom is -0.154 e. The van der Waals surface area contributed by atoms with Gasteiger partial charge in [-0.2, -0.15) is 11.8 Å². The summed E-state index contributed by atoms with van der Waals surface area (Å²) in [7, 11) is 0. The molecule has 0 fully saturated rings. The largest absolute Gasteiger partial charge is 0.154 e. The summed E-state index contributed by atoms with van der Waals surface area (Å²) in [5.74, 6) is 0.528. The molecule has 0 saturated carbocycles. The zero-order valence-corrected chi connectivity index (χ0v) is 11.7. The van der Waals surface area contributed by atoms with Gasteiger partial charge in [0.2, 0.25) is 0 Å². The fourth-order valence-electron chi connectivity index (χ4n) is 1.41. The summed E-state index contributed by atoms with van der Waals surface area (Å²) in [6.45, 7) is 8.85. The highest BCUT2D eigenvalue weighted by molar-refractivity contribution is 7.99. The van der Waals surface area contributed by atoms with Crippen LogP contribution in [0.4, 0.5) is 0 Å². The van der Waals surface area contributed by atoms with E-state index in [1.54, 1.807) is 0 Å². The summed E-state index contributed by atoms with van der Waals surface area (Å²) >= 11 is 8.00. The molecule has 0 aromatic heterocycles. The molecule has 1 aromatic rings. The Morgan fingerprint density at radius 2 is 1.80 bits per heavy atom. The van der Waals surface area contributed by atoms with E-state index >= 15 is 0 Å². The second-order valence-electron chi connectivity index (χ2n) is 4.64. The van der Waals surface area contributed by atoms with Crippen molar-refractivity contribution < 1.29 is 0 Å². The molecule has 0 nitrogen and oxygen atoms in total. The van der Waals surface area contributed by atoms with Crippen molar-refractivity contribution in [2.45, 2.75) is 38.4 Å². The van der Waals surface area contributed by atoms with Gasteiger partial charge in [0.25, 0.3) is 0 Å². The van der Waals surface area contributed by atoms with Gasteiger partial charge in [-0.1, -0.05) is 31.5 Å². The number of hydrogen-bond acceptors (Lipinski definition) is 1. The highest BCUT2D eigenvalue weighted by atomic mass is 35.5. The fourth-order valence-corrected chi connectivity index (χ4v) is 2.01. The van der Waals surface area contributed by atoms with Crippen LogP contribution in [0.25, 0.3) is 0 Å². The first-order valence-electron chi connectivity index (χ1n) is 5.23. The van der Waals surface area contributed by atoms with Gasteiger partial charge < -0.3 is 0 Å². The summed E-state index contributed by atoms with van der Waals surface area (Å²) < 4.78 is 0.133. The van der Waals surface area contributed by atoms with Crippen molar-refractivity contribution in [3.05, 3.63) is 34.3 Å². The summed E-state index contributed by atoms with van der Waals surface area (Å²) in [5.41, 5.74) is 2.63. The molecule has 0 aliphatic heterocycles. The molecule has 0 spiro atoms. The van der Waals surface area contributed by atoms with Gasteiger partial charge in [-0.05, 0) is 49.3 Å². The van der Waals surface area contributed by atoms with Crippen molar-refractivity contribution in [2.24, 2.45) is 0 Å². The Labute approximate surface area is 102 Å². The average molecular weight is 243 g/mol. The lowest BCUT2D eigenvalue weighted by Gasteiger charge is -2.24. The summed E-state index contributed by atoms with van der Waals surface area (Å²) in [6.07, 6.45) is 2.13. The molecule has 0 heterocycles. The molecule has 15 heavy (non-hydrogen) atoms. The third-order valence-electron chi connectivity index (χ3n) is 2.79. The molecule has 1 rings (SSSR count). The van der Waals surface area contributed by atoms with Gasteiger partial charge in [0.05, 0.1) is 0 Å². The molecular formula is C13H19ClS. The first-order chi connectivity index (χ1) is 6.86. The number of hydrogen-bond donors (Lipinski definition) is 0. The van der Waals surface area contributed by atoms with Crippen molar-refractivity contribution in [3.8, 4) is 0 Å². The molecule has 0 saturated heterocycles. The molecule has 0 unspecified atom stereocenters. The average Bonchev–Trinajstić information content (AvgIpc) is 2.16. The van der Waals surface area contributed by atoms with E-state index in [9.17, 15) is 0 Å². The van der Waals surface area contributed by atoms with Crippen LogP contribution in [0.5, 0.6) is 0 Å². The topological polar surface area (TPSA) is 0 Å². The van der Waals surface area contributed by atoms with Gasteiger partial charge in [-0.25, -0.2) is 0 Å². The van der Waals surface area contributed by atoms with Crippen molar-refractivity contribution >= 4 is 23.4 Å². The van der Waals surface area contributed by atoms with Crippen LogP contribution in [0.15, 0.2) is 18.2 Å². The van der Waals surface area contributed by atoms with E-state index in [2.05, 4.69) is 52.1 Å². The SMILES string of the molecule is CSC(C)(C)c1cc(Cl)cc(C(C)C)c1. The van der Waals surface area contributed by atoms with Gasteiger partial charge in [0, 0.05) is 9.77 Å². The van der Waals surface area contributed by atoms with Crippen LogP contribution >= 0.6 is 23.4 Å². The van der Waals surface area contributed by atoms with E-state index in [1.807, 2.05) is 11.8 Å². The molecule has 1 aromatic carbocycles. The van der Waals surface area contributed by atoms with Crippen molar-refractivity contribution in [1.29, 1.82) is 0 Å². The lowest BCUT2D eigenvalue weighted by molar-refractivity contribution is 0.775. The van der Waals surface area contributed by atoms with Crippen LogP contribution in [0.3, 0.4) is 0 Å². The van der Waals surface area contributed by atoms with E-state index in [0.29, 0.717) is 5.92 Å². The Morgan fingerprint density at radius 1 is 1.20 bits per heavy atom. The smallest absolute Gasteiger partial charge is 0.0412 e. The molecule has 0 atom stereocenters. The minimum atomic E-state index is 0.133. The van der Waals surface area contributed by atoms with E-state index in [-0.39, 0.29) is 4.75 Å². The van der Waals surface area contributed by atoms with Crippen molar-refractivity contribution in [2.75, 3.05) is 6.26 Å². The van der Waals surface area contributed by atoms with Gasteiger partial charge >= 0.3 is 0 Å². The number of halogens is 1. The molecule has 0 radical (unpaired) electrons. The fraction of sp³-hybridized carbons (Fsp3) is 0.538. The van der Waals surface area contributed by atoms with Crippen molar-refractivity contribution in [1.82, 2.24) is 0 Å². The third-order valence-corrected chi connectivity index (χ3v) is 4.27. The molecule has 0 aliphatic rings. The van der Waals surface area contributed by atoms with Gasteiger partial charge in [-0.3, -0.25) is 0 Å². The van der Waals surface area contributed by atoms with Gasteiger partial charge in [-0.15, -0.1) is 0 Å². The maximum atomic E-state index is 6.15. The summed E-state index contributed by atoms with van der Waals surface area (Å²) in [4.78, 5) is 0. The number of rotatable bonds is 3. The monoisotopic (exact) mass is 242 g/mol. The first kappa shape index (κ1) is 12.9. The van der Waals surface area contributed by atoms with Crippen LogP contribution in [0.2, 0.25) is 5.02 Å². The maximum absolute atomic E-state index is 6.15. The maximum Gasteiger partial charge on any atom is 0.0412 e. The highest BCUT2D eigenvalue weighted by Gasteiger charge is 2.20. The minimum absolute atomic E-state index is 0.133. The third kappa shape index (κ3) is 3.15. The van der Waals surface area contributed by atoms with Crippen LogP contribution < -0.4 is 0 Å².